The summed E-state index contributed by atoms with van der Waals surface area (Å²) in [6.07, 6.45) is 2.85. The maximum Gasteiger partial charge on any atom is 0.281 e. The van der Waals surface area contributed by atoms with E-state index in [9.17, 15) is 12.8 Å². The molecule has 1 aliphatic heterocycles. The van der Waals surface area contributed by atoms with Crippen molar-refractivity contribution in [3.05, 3.63) is 47.4 Å². The van der Waals surface area contributed by atoms with Gasteiger partial charge in [0.2, 0.25) is 0 Å². The van der Waals surface area contributed by atoms with Gasteiger partial charge in [0.1, 0.15) is 5.82 Å². The van der Waals surface area contributed by atoms with E-state index in [1.807, 2.05) is 0 Å². The SMILES string of the molecule is Cc1cc(F)cc2c1N(S(=O)(=O)c1[nH]nc3ncccc13)CCC2. The second kappa shape index (κ2) is 5.27. The van der Waals surface area contributed by atoms with Crippen LogP contribution >= 0.6 is 0 Å². The highest BCUT2D eigenvalue weighted by atomic mass is 32.2. The number of hydrogen-bond donors (Lipinski definition) is 1. The molecule has 8 heteroatoms. The largest absolute Gasteiger partial charge is 0.281 e. The van der Waals surface area contributed by atoms with Crippen LogP contribution in [0.5, 0.6) is 0 Å². The molecule has 4 rings (SSSR count). The van der Waals surface area contributed by atoms with Gasteiger partial charge in [-0.25, -0.2) is 9.37 Å². The zero-order valence-corrected chi connectivity index (χ0v) is 13.8. The normalized spacial score (nSPS) is 14.8. The molecule has 2 aromatic heterocycles. The zero-order chi connectivity index (χ0) is 16.9. The summed E-state index contributed by atoms with van der Waals surface area (Å²) in [5.74, 6) is -0.346. The van der Waals surface area contributed by atoms with E-state index in [0.29, 0.717) is 47.2 Å². The number of nitrogens with zero attached hydrogens (tertiary/aromatic N) is 3. The maximum absolute atomic E-state index is 13.7. The van der Waals surface area contributed by atoms with Gasteiger partial charge in [-0.05, 0) is 55.2 Å². The fraction of sp³-hybridized carbons (Fsp3) is 0.250. The van der Waals surface area contributed by atoms with Crippen molar-refractivity contribution in [1.82, 2.24) is 15.2 Å². The molecule has 1 aliphatic rings. The lowest BCUT2D eigenvalue weighted by molar-refractivity contribution is 0.581. The molecule has 0 bridgehead atoms. The summed E-state index contributed by atoms with van der Waals surface area (Å²) < 4.78 is 41.4. The van der Waals surface area contributed by atoms with Crippen molar-refractivity contribution in [2.75, 3.05) is 10.8 Å². The molecule has 0 atom stereocenters. The number of halogens is 1. The number of anilines is 1. The molecule has 0 amide bonds. The van der Waals surface area contributed by atoms with E-state index in [-0.39, 0.29) is 10.8 Å². The molecule has 0 radical (unpaired) electrons. The third-order valence-electron chi connectivity index (χ3n) is 4.24. The summed E-state index contributed by atoms with van der Waals surface area (Å²) in [7, 11) is -3.84. The first-order valence-electron chi connectivity index (χ1n) is 7.59. The molecule has 0 fully saturated rings. The van der Waals surface area contributed by atoms with Crippen LogP contribution in [0.25, 0.3) is 11.0 Å². The fourth-order valence-corrected chi connectivity index (χ4v) is 4.94. The lowest BCUT2D eigenvalue weighted by atomic mass is 10.00. The molecule has 124 valence electrons. The summed E-state index contributed by atoms with van der Waals surface area (Å²) in [6, 6.07) is 6.11. The Morgan fingerprint density at radius 3 is 3.00 bits per heavy atom. The van der Waals surface area contributed by atoms with Crippen LogP contribution in [-0.4, -0.2) is 30.1 Å². The van der Waals surface area contributed by atoms with Crippen molar-refractivity contribution in [3.8, 4) is 0 Å². The molecule has 0 unspecified atom stereocenters. The van der Waals surface area contributed by atoms with Gasteiger partial charge in [-0.3, -0.25) is 9.40 Å². The minimum absolute atomic E-state index is 0.0159. The van der Waals surface area contributed by atoms with Gasteiger partial charge in [0.05, 0.1) is 11.1 Å². The Morgan fingerprint density at radius 2 is 2.17 bits per heavy atom. The highest BCUT2D eigenvalue weighted by molar-refractivity contribution is 7.93. The molecule has 6 nitrogen and oxygen atoms in total. The van der Waals surface area contributed by atoms with Crippen LogP contribution < -0.4 is 4.31 Å². The molecule has 0 spiro atoms. The first-order valence-corrected chi connectivity index (χ1v) is 9.03. The van der Waals surface area contributed by atoms with Crippen molar-refractivity contribution in [1.29, 1.82) is 0 Å². The Labute approximate surface area is 138 Å². The number of rotatable bonds is 2. The predicted octanol–water partition coefficient (Wildman–Crippen LogP) is 2.55. The van der Waals surface area contributed by atoms with Gasteiger partial charge < -0.3 is 0 Å². The van der Waals surface area contributed by atoms with Crippen LogP contribution in [0.4, 0.5) is 10.1 Å². The van der Waals surface area contributed by atoms with Gasteiger partial charge in [-0.2, -0.15) is 13.5 Å². The molecular formula is C16H15FN4O2S. The fourth-order valence-electron chi connectivity index (χ4n) is 3.25. The highest BCUT2D eigenvalue weighted by Crippen LogP contribution is 2.36. The first-order chi connectivity index (χ1) is 11.5. The number of nitrogens with one attached hydrogen (secondary N) is 1. The van der Waals surface area contributed by atoms with Crippen molar-refractivity contribution < 1.29 is 12.8 Å². The number of aryl methyl sites for hydroxylation is 2. The summed E-state index contributed by atoms with van der Waals surface area (Å²) >= 11 is 0. The van der Waals surface area contributed by atoms with Gasteiger partial charge >= 0.3 is 0 Å². The third kappa shape index (κ3) is 2.17. The molecule has 0 aliphatic carbocycles. The zero-order valence-electron chi connectivity index (χ0n) is 13.0. The van der Waals surface area contributed by atoms with Crippen LogP contribution in [0.15, 0.2) is 35.5 Å². The second-order valence-corrected chi connectivity index (χ2v) is 7.64. The van der Waals surface area contributed by atoms with Crippen LogP contribution in [0.2, 0.25) is 0 Å². The van der Waals surface area contributed by atoms with Gasteiger partial charge in [0.25, 0.3) is 10.0 Å². The summed E-state index contributed by atoms with van der Waals surface area (Å²) in [6.45, 7) is 2.07. The monoisotopic (exact) mass is 346 g/mol. The quantitative estimate of drug-likeness (QED) is 0.773. The number of hydrogen-bond acceptors (Lipinski definition) is 4. The average Bonchev–Trinajstić information content (AvgIpc) is 2.98. The molecular weight excluding hydrogens is 331 g/mol. The summed E-state index contributed by atoms with van der Waals surface area (Å²) in [4.78, 5) is 4.06. The van der Waals surface area contributed by atoms with Gasteiger partial charge in [0.15, 0.2) is 10.7 Å². The smallest absolute Gasteiger partial charge is 0.264 e. The first kappa shape index (κ1) is 15.1. The summed E-state index contributed by atoms with van der Waals surface area (Å²) in [5.41, 5.74) is 2.23. The average molecular weight is 346 g/mol. The number of pyridine rings is 1. The predicted molar refractivity (Wildman–Crippen MR) is 87.9 cm³/mol. The van der Waals surface area contributed by atoms with E-state index in [4.69, 9.17) is 0 Å². The van der Waals surface area contributed by atoms with E-state index in [0.717, 1.165) is 0 Å². The lowest BCUT2D eigenvalue weighted by Crippen LogP contribution is -2.36. The van der Waals surface area contributed by atoms with E-state index >= 15 is 0 Å². The summed E-state index contributed by atoms with van der Waals surface area (Å²) in [5, 5.41) is 7.03. The molecule has 0 saturated heterocycles. The van der Waals surface area contributed by atoms with Crippen LogP contribution in [0.3, 0.4) is 0 Å². The number of aromatic amines is 1. The Hall–Kier alpha value is -2.48. The molecule has 1 aromatic carbocycles. The number of H-pyrrole nitrogens is 1. The number of aromatic nitrogens is 3. The minimum Gasteiger partial charge on any atom is -0.264 e. The lowest BCUT2D eigenvalue weighted by Gasteiger charge is -2.31. The van der Waals surface area contributed by atoms with E-state index in [1.54, 1.807) is 25.3 Å². The Kier molecular flexibility index (Phi) is 3.31. The standard InChI is InChI=1S/C16H15FN4O2S/c1-10-8-12(17)9-11-4-3-7-21(14(10)11)24(22,23)16-13-5-2-6-18-15(13)19-20-16/h2,5-6,8-9H,3-4,7H2,1H3,(H,18,19,20). The van der Waals surface area contributed by atoms with Gasteiger partial charge in [-0.15, -0.1) is 0 Å². The number of benzene rings is 1. The Morgan fingerprint density at radius 1 is 1.33 bits per heavy atom. The van der Waals surface area contributed by atoms with Gasteiger partial charge in [-0.1, -0.05) is 0 Å². The number of fused-ring (bicyclic) bond motifs is 2. The molecule has 3 heterocycles. The minimum atomic E-state index is -3.84. The third-order valence-corrected chi connectivity index (χ3v) is 6.02. The molecule has 3 aromatic rings. The van der Waals surface area contributed by atoms with E-state index < -0.39 is 10.0 Å². The topological polar surface area (TPSA) is 79.0 Å². The van der Waals surface area contributed by atoms with Crippen molar-refractivity contribution >= 4 is 26.7 Å². The molecule has 0 saturated carbocycles. The van der Waals surface area contributed by atoms with Crippen molar-refractivity contribution in [2.24, 2.45) is 0 Å². The van der Waals surface area contributed by atoms with Crippen LogP contribution in [0, 0.1) is 12.7 Å². The molecule has 1 N–H and O–H groups in total. The highest BCUT2D eigenvalue weighted by Gasteiger charge is 2.33. The van der Waals surface area contributed by atoms with Crippen molar-refractivity contribution in [3.63, 3.8) is 0 Å². The Bertz CT molecular complexity index is 1050. The van der Waals surface area contributed by atoms with Crippen LogP contribution in [-0.2, 0) is 16.4 Å². The maximum atomic E-state index is 13.7. The molecule has 24 heavy (non-hydrogen) atoms. The van der Waals surface area contributed by atoms with Gasteiger partial charge in [0, 0.05) is 12.7 Å². The van der Waals surface area contributed by atoms with Crippen LogP contribution in [0.1, 0.15) is 17.5 Å². The van der Waals surface area contributed by atoms with E-state index in [1.165, 1.54) is 16.4 Å². The Balaban J connectivity index is 1.91. The van der Waals surface area contributed by atoms with E-state index in [2.05, 4.69) is 15.2 Å². The van der Waals surface area contributed by atoms with Crippen molar-refractivity contribution in [2.45, 2.75) is 24.8 Å². The number of sulfonamides is 1. The second-order valence-electron chi connectivity index (χ2n) is 5.84.